The van der Waals surface area contributed by atoms with Crippen LogP contribution in [0.3, 0.4) is 0 Å². The Morgan fingerprint density at radius 2 is 1.86 bits per heavy atom. The Balaban J connectivity index is 2.04. The van der Waals surface area contributed by atoms with Crippen molar-refractivity contribution >= 4 is 11.6 Å². The van der Waals surface area contributed by atoms with Crippen molar-refractivity contribution < 1.29 is 4.79 Å². The molecule has 0 saturated heterocycles. The third-order valence-corrected chi connectivity index (χ3v) is 3.67. The largest absolute Gasteiger partial charge is 0.383 e. The first kappa shape index (κ1) is 14.1. The van der Waals surface area contributed by atoms with E-state index >= 15 is 0 Å². The molecule has 3 rings (SSSR count). The molecule has 0 amide bonds. The summed E-state index contributed by atoms with van der Waals surface area (Å²) in [7, 11) is 0. The fourth-order valence-corrected chi connectivity index (χ4v) is 2.47. The molecular formula is C18H17N3O. The highest BCUT2D eigenvalue weighted by atomic mass is 16.1. The molecule has 0 unspecified atom stereocenters. The fourth-order valence-electron chi connectivity index (χ4n) is 2.47. The van der Waals surface area contributed by atoms with E-state index in [1.54, 1.807) is 10.7 Å². The second-order valence-electron chi connectivity index (χ2n) is 5.34. The van der Waals surface area contributed by atoms with Gasteiger partial charge in [-0.1, -0.05) is 42.0 Å². The molecule has 0 fully saturated rings. The van der Waals surface area contributed by atoms with Crippen LogP contribution in [0, 0.1) is 13.8 Å². The molecule has 0 radical (unpaired) electrons. The Morgan fingerprint density at radius 1 is 1.09 bits per heavy atom. The number of aryl methyl sites for hydroxylation is 2. The summed E-state index contributed by atoms with van der Waals surface area (Å²) in [4.78, 5) is 12.6. The summed E-state index contributed by atoms with van der Waals surface area (Å²) in [6.45, 7) is 3.94. The summed E-state index contributed by atoms with van der Waals surface area (Å²) in [5.74, 6) is 0.252. The summed E-state index contributed by atoms with van der Waals surface area (Å²) in [6.07, 6.45) is 1.53. The molecule has 2 N–H and O–H groups in total. The summed E-state index contributed by atoms with van der Waals surface area (Å²) in [5, 5.41) is 4.29. The maximum atomic E-state index is 12.6. The number of ketones is 1. The van der Waals surface area contributed by atoms with Gasteiger partial charge in [0.1, 0.15) is 5.82 Å². The Kier molecular flexibility index (Phi) is 3.51. The number of nitrogen functional groups attached to an aromatic ring is 1. The van der Waals surface area contributed by atoms with Crippen molar-refractivity contribution in [3.63, 3.8) is 0 Å². The van der Waals surface area contributed by atoms with Gasteiger partial charge < -0.3 is 5.73 Å². The zero-order valence-corrected chi connectivity index (χ0v) is 12.6. The van der Waals surface area contributed by atoms with E-state index in [-0.39, 0.29) is 5.78 Å². The van der Waals surface area contributed by atoms with Gasteiger partial charge in [-0.3, -0.25) is 4.79 Å². The van der Waals surface area contributed by atoms with Crippen molar-refractivity contribution in [2.45, 2.75) is 13.8 Å². The molecule has 0 spiro atoms. The lowest BCUT2D eigenvalue weighted by molar-refractivity contribution is 0.103. The van der Waals surface area contributed by atoms with Crippen LogP contribution >= 0.6 is 0 Å². The number of hydrogen-bond acceptors (Lipinski definition) is 3. The predicted molar refractivity (Wildman–Crippen MR) is 87.3 cm³/mol. The molecule has 2 aromatic carbocycles. The van der Waals surface area contributed by atoms with Gasteiger partial charge in [-0.25, -0.2) is 4.68 Å². The number of anilines is 1. The Bertz CT molecular complexity index is 849. The summed E-state index contributed by atoms with van der Waals surface area (Å²) in [5.41, 5.74) is 10.2. The molecular weight excluding hydrogens is 274 g/mol. The first-order valence-electron chi connectivity index (χ1n) is 7.09. The van der Waals surface area contributed by atoms with Crippen molar-refractivity contribution in [1.82, 2.24) is 9.78 Å². The second kappa shape index (κ2) is 5.48. The number of carbonyl (C=O) groups excluding carboxylic acids is 1. The number of para-hydroxylation sites is 1. The first-order valence-corrected chi connectivity index (χ1v) is 7.09. The zero-order chi connectivity index (χ0) is 15.7. The topological polar surface area (TPSA) is 60.9 Å². The number of rotatable bonds is 3. The SMILES string of the molecule is Cc1cccc(C(=O)c2cnn(-c3ccccc3C)c2N)c1. The Morgan fingerprint density at radius 3 is 2.59 bits per heavy atom. The van der Waals surface area contributed by atoms with E-state index in [1.807, 2.05) is 56.3 Å². The van der Waals surface area contributed by atoms with E-state index in [2.05, 4.69) is 5.10 Å². The van der Waals surface area contributed by atoms with Gasteiger partial charge in [0, 0.05) is 5.56 Å². The molecule has 0 aliphatic rings. The van der Waals surface area contributed by atoms with Gasteiger partial charge in [0.2, 0.25) is 0 Å². The minimum absolute atomic E-state index is 0.110. The van der Waals surface area contributed by atoms with Crippen LogP contribution in [0.5, 0.6) is 0 Å². The van der Waals surface area contributed by atoms with Crippen LogP contribution in [0.2, 0.25) is 0 Å². The summed E-state index contributed by atoms with van der Waals surface area (Å²) in [6, 6.07) is 15.3. The molecule has 0 atom stereocenters. The molecule has 0 aliphatic carbocycles. The molecule has 0 aliphatic heterocycles. The molecule has 4 nitrogen and oxygen atoms in total. The molecule has 1 heterocycles. The van der Waals surface area contributed by atoms with Crippen molar-refractivity contribution in [3.8, 4) is 5.69 Å². The third kappa shape index (κ3) is 2.39. The maximum Gasteiger partial charge on any atom is 0.198 e. The Hall–Kier alpha value is -2.88. The molecule has 0 saturated carbocycles. The molecule has 4 heteroatoms. The van der Waals surface area contributed by atoms with Gasteiger partial charge in [-0.15, -0.1) is 0 Å². The minimum Gasteiger partial charge on any atom is -0.383 e. The standard InChI is InChI=1S/C18H17N3O/c1-12-6-5-8-14(10-12)17(22)15-11-20-21(18(15)19)16-9-4-3-7-13(16)2/h3-11H,19H2,1-2H3. The molecule has 22 heavy (non-hydrogen) atoms. The van der Waals surface area contributed by atoms with Crippen molar-refractivity contribution in [3.05, 3.63) is 77.0 Å². The fraction of sp³-hybridized carbons (Fsp3) is 0.111. The normalized spacial score (nSPS) is 10.6. The predicted octanol–water partition coefficient (Wildman–Crippen LogP) is 3.30. The van der Waals surface area contributed by atoms with Crippen LogP contribution in [-0.2, 0) is 0 Å². The van der Waals surface area contributed by atoms with E-state index in [1.165, 1.54) is 6.20 Å². The van der Waals surface area contributed by atoms with E-state index < -0.39 is 0 Å². The number of carbonyl (C=O) groups is 1. The average molecular weight is 291 g/mol. The van der Waals surface area contributed by atoms with Crippen LogP contribution in [0.1, 0.15) is 27.0 Å². The first-order chi connectivity index (χ1) is 10.6. The van der Waals surface area contributed by atoms with E-state index in [0.717, 1.165) is 16.8 Å². The highest BCUT2D eigenvalue weighted by Gasteiger charge is 2.18. The second-order valence-corrected chi connectivity index (χ2v) is 5.34. The lowest BCUT2D eigenvalue weighted by Gasteiger charge is -2.08. The minimum atomic E-state index is -0.110. The van der Waals surface area contributed by atoms with Gasteiger partial charge in [0.15, 0.2) is 5.78 Å². The average Bonchev–Trinajstić information content (AvgIpc) is 2.88. The molecule has 110 valence electrons. The highest BCUT2D eigenvalue weighted by Crippen LogP contribution is 2.22. The van der Waals surface area contributed by atoms with Crippen molar-refractivity contribution in [2.24, 2.45) is 0 Å². The number of aromatic nitrogens is 2. The Labute approximate surface area is 129 Å². The number of benzene rings is 2. The lowest BCUT2D eigenvalue weighted by Crippen LogP contribution is -2.08. The van der Waals surface area contributed by atoms with Gasteiger partial charge in [-0.05, 0) is 31.5 Å². The van der Waals surface area contributed by atoms with Gasteiger partial charge in [0.05, 0.1) is 17.4 Å². The molecule has 0 bridgehead atoms. The van der Waals surface area contributed by atoms with Crippen molar-refractivity contribution in [1.29, 1.82) is 0 Å². The molecule has 3 aromatic rings. The van der Waals surface area contributed by atoms with Gasteiger partial charge >= 0.3 is 0 Å². The maximum absolute atomic E-state index is 12.6. The van der Waals surface area contributed by atoms with Gasteiger partial charge in [-0.2, -0.15) is 5.10 Å². The van der Waals surface area contributed by atoms with Gasteiger partial charge in [0.25, 0.3) is 0 Å². The number of hydrogen-bond donors (Lipinski definition) is 1. The quantitative estimate of drug-likeness (QED) is 0.753. The number of nitrogens with two attached hydrogens (primary N) is 1. The van der Waals surface area contributed by atoms with Crippen LogP contribution in [0.25, 0.3) is 5.69 Å². The monoisotopic (exact) mass is 291 g/mol. The van der Waals surface area contributed by atoms with Crippen molar-refractivity contribution in [2.75, 3.05) is 5.73 Å². The summed E-state index contributed by atoms with van der Waals surface area (Å²) < 4.78 is 1.61. The van der Waals surface area contributed by atoms with E-state index in [4.69, 9.17) is 5.73 Å². The summed E-state index contributed by atoms with van der Waals surface area (Å²) >= 11 is 0. The lowest BCUT2D eigenvalue weighted by atomic mass is 10.0. The van der Waals surface area contributed by atoms with E-state index in [0.29, 0.717) is 16.9 Å². The van der Waals surface area contributed by atoms with E-state index in [9.17, 15) is 4.79 Å². The smallest absolute Gasteiger partial charge is 0.198 e. The molecule has 1 aromatic heterocycles. The van der Waals surface area contributed by atoms with Crippen LogP contribution in [0.15, 0.2) is 54.7 Å². The van der Waals surface area contributed by atoms with Crippen LogP contribution < -0.4 is 5.73 Å². The zero-order valence-electron chi connectivity index (χ0n) is 12.6. The highest BCUT2D eigenvalue weighted by molar-refractivity contribution is 6.11. The number of nitrogens with zero attached hydrogens (tertiary/aromatic N) is 2. The van der Waals surface area contributed by atoms with Crippen LogP contribution in [-0.4, -0.2) is 15.6 Å². The third-order valence-electron chi connectivity index (χ3n) is 3.67. The van der Waals surface area contributed by atoms with Crippen LogP contribution in [0.4, 0.5) is 5.82 Å².